The fourth-order valence-electron chi connectivity index (χ4n) is 6.87. The monoisotopic (exact) mass is 634 g/mol. The van der Waals surface area contributed by atoms with Crippen molar-refractivity contribution in [3.63, 3.8) is 0 Å². The van der Waals surface area contributed by atoms with E-state index in [1.807, 2.05) is 36.4 Å². The molecule has 0 unspecified atom stereocenters. The minimum atomic E-state index is -4.39. The predicted octanol–water partition coefficient (Wildman–Crippen LogP) is 6.16. The van der Waals surface area contributed by atoms with Gasteiger partial charge in [-0.15, -0.1) is 0 Å². The van der Waals surface area contributed by atoms with E-state index in [4.69, 9.17) is 4.74 Å². The number of hydrogen-bond donors (Lipinski definition) is 1. The number of carbonyl (C=O) groups excluding carboxylic acids is 1. The van der Waals surface area contributed by atoms with Gasteiger partial charge in [0.05, 0.1) is 4.90 Å². The van der Waals surface area contributed by atoms with Crippen LogP contribution >= 0.6 is 22.6 Å². The first-order chi connectivity index (χ1) is 18.3. The third-order valence-electron chi connectivity index (χ3n) is 8.32. The summed E-state index contributed by atoms with van der Waals surface area (Å²) in [7, 11) is -4.39. The zero-order valence-corrected chi connectivity index (χ0v) is 23.3. The number of ether oxygens (including phenoxy) is 1. The molecule has 7 heteroatoms. The lowest BCUT2D eigenvalue weighted by Crippen LogP contribution is -2.49. The zero-order valence-electron chi connectivity index (χ0n) is 20.3. The molecular weight excluding hydrogens is 611 g/mol. The molecule has 38 heavy (non-hydrogen) atoms. The van der Waals surface area contributed by atoms with Gasteiger partial charge in [0.15, 0.2) is 0 Å². The lowest BCUT2D eigenvalue weighted by molar-refractivity contribution is -0.138. The highest BCUT2D eigenvalue weighted by atomic mass is 127. The van der Waals surface area contributed by atoms with Crippen molar-refractivity contribution in [1.82, 2.24) is 0 Å². The van der Waals surface area contributed by atoms with Crippen molar-refractivity contribution in [3.8, 4) is 5.75 Å². The summed E-state index contributed by atoms with van der Waals surface area (Å²) in [6.45, 7) is 0. The number of hydrogen-bond acceptors (Lipinski definition) is 4. The van der Waals surface area contributed by atoms with E-state index in [1.54, 1.807) is 0 Å². The zero-order chi connectivity index (χ0) is 26.2. The second-order valence-corrected chi connectivity index (χ2v) is 12.8. The Morgan fingerprint density at radius 2 is 1.42 bits per heavy atom. The van der Waals surface area contributed by atoms with E-state index in [2.05, 4.69) is 52.9 Å². The fraction of sp³-hybridized carbons (Fsp3) is 0.194. The summed E-state index contributed by atoms with van der Waals surface area (Å²) in [5, 5.41) is 0. The molecule has 4 aliphatic rings. The molecule has 0 atom stereocenters. The Morgan fingerprint density at radius 3 is 2.08 bits per heavy atom. The lowest BCUT2D eigenvalue weighted by atomic mass is 9.53. The van der Waals surface area contributed by atoms with Crippen molar-refractivity contribution in [3.05, 3.63) is 127 Å². The van der Waals surface area contributed by atoms with Gasteiger partial charge in [0.25, 0.3) is 10.1 Å². The molecule has 0 heterocycles. The maximum atomic E-state index is 14.7. The third kappa shape index (κ3) is 3.25. The van der Waals surface area contributed by atoms with Crippen LogP contribution in [0.4, 0.5) is 0 Å². The normalized spacial score (nSPS) is 20.6. The van der Waals surface area contributed by atoms with Crippen molar-refractivity contribution < 1.29 is 22.5 Å². The van der Waals surface area contributed by atoms with E-state index in [1.165, 1.54) is 12.1 Å². The highest BCUT2D eigenvalue weighted by Crippen LogP contribution is 2.59. The maximum absolute atomic E-state index is 14.7. The Balaban J connectivity index is 1.47. The first kappa shape index (κ1) is 24.1. The fourth-order valence-corrected chi connectivity index (χ4v) is 8.14. The number of halogens is 1. The molecule has 5 nitrogen and oxygen atoms in total. The average molecular weight is 634 g/mol. The van der Waals surface area contributed by atoms with Gasteiger partial charge in [-0.05, 0) is 117 Å². The quantitative estimate of drug-likeness (QED) is 0.126. The van der Waals surface area contributed by atoms with E-state index in [0.717, 1.165) is 49.8 Å². The standard InChI is InChI=1S/C31H23IO5S/c32-18-13-14-23-26(17-18)31(24-11-5-3-9-21(24)29(23)22-10-4-6-12-25(22)31)30(33)37-27-15-16-28(38(34,35)36)20-8-2-1-7-19(20)27/h3-6,9-17,29H,1-2,7-8H2,(H,34,35,36). The lowest BCUT2D eigenvalue weighted by Gasteiger charge is -2.48. The van der Waals surface area contributed by atoms with Crippen LogP contribution in [0.15, 0.2) is 83.8 Å². The van der Waals surface area contributed by atoms with Gasteiger partial charge >= 0.3 is 5.97 Å². The highest BCUT2D eigenvalue weighted by Gasteiger charge is 2.57. The molecule has 0 amide bonds. The molecule has 190 valence electrons. The highest BCUT2D eigenvalue weighted by molar-refractivity contribution is 14.1. The SMILES string of the molecule is O=C(Oc1ccc(S(=O)(=O)O)c2c1CCCC2)C12c3ccccc3C(c3ccccc31)c1ccc(I)cc12. The van der Waals surface area contributed by atoms with Crippen molar-refractivity contribution in [2.45, 2.75) is 41.9 Å². The molecule has 4 aromatic rings. The molecule has 0 aliphatic heterocycles. The van der Waals surface area contributed by atoms with Gasteiger partial charge in [-0.25, -0.2) is 4.79 Å². The summed E-state index contributed by atoms with van der Waals surface area (Å²) in [6, 6.07) is 25.4. The molecule has 0 radical (unpaired) electrons. The van der Waals surface area contributed by atoms with E-state index in [0.29, 0.717) is 29.7 Å². The van der Waals surface area contributed by atoms with Crippen LogP contribution in [0.25, 0.3) is 0 Å². The van der Waals surface area contributed by atoms with Crippen LogP contribution in [0.1, 0.15) is 63.3 Å². The molecule has 8 rings (SSSR count). The van der Waals surface area contributed by atoms with Crippen LogP contribution in [0.2, 0.25) is 0 Å². The van der Waals surface area contributed by atoms with Crippen LogP contribution in [0, 0.1) is 3.57 Å². The van der Waals surface area contributed by atoms with Crippen LogP contribution < -0.4 is 4.74 Å². The number of rotatable bonds is 3. The van der Waals surface area contributed by atoms with E-state index in [-0.39, 0.29) is 10.8 Å². The van der Waals surface area contributed by atoms with Gasteiger partial charge < -0.3 is 4.74 Å². The van der Waals surface area contributed by atoms with Gasteiger partial charge in [-0.2, -0.15) is 8.42 Å². The van der Waals surface area contributed by atoms with Gasteiger partial charge in [0.2, 0.25) is 0 Å². The smallest absolute Gasteiger partial charge is 0.331 e. The molecule has 4 aliphatic carbocycles. The Hall–Kier alpha value is -3.01. The largest absolute Gasteiger partial charge is 0.425 e. The predicted molar refractivity (Wildman–Crippen MR) is 151 cm³/mol. The molecular formula is C31H23IO5S. The summed E-state index contributed by atoms with van der Waals surface area (Å²) < 4.78 is 41.3. The summed E-state index contributed by atoms with van der Waals surface area (Å²) in [6.07, 6.45) is 2.75. The topological polar surface area (TPSA) is 80.7 Å². The van der Waals surface area contributed by atoms with E-state index < -0.39 is 21.5 Å². The average Bonchev–Trinajstić information content (AvgIpc) is 2.92. The molecule has 0 saturated carbocycles. The Bertz CT molecular complexity index is 1730. The minimum absolute atomic E-state index is 0.0332. The van der Waals surface area contributed by atoms with Gasteiger partial charge in [0.1, 0.15) is 11.2 Å². The molecule has 4 aromatic carbocycles. The molecule has 0 spiro atoms. The Labute approximate surface area is 234 Å². The third-order valence-corrected chi connectivity index (χ3v) is 9.93. The number of benzene rings is 4. The Morgan fingerprint density at radius 1 is 0.816 bits per heavy atom. The summed E-state index contributed by atoms with van der Waals surface area (Å²) >= 11 is 2.29. The number of carbonyl (C=O) groups is 1. The Kier molecular flexibility index (Phi) is 5.38. The van der Waals surface area contributed by atoms with E-state index >= 15 is 0 Å². The van der Waals surface area contributed by atoms with Crippen LogP contribution in [0.3, 0.4) is 0 Å². The minimum Gasteiger partial charge on any atom is -0.425 e. The molecule has 2 bridgehead atoms. The van der Waals surface area contributed by atoms with Gasteiger partial charge in [0, 0.05) is 9.49 Å². The van der Waals surface area contributed by atoms with Crippen molar-refractivity contribution in [2.75, 3.05) is 0 Å². The van der Waals surface area contributed by atoms with Crippen molar-refractivity contribution >= 4 is 38.7 Å². The molecule has 0 aromatic heterocycles. The molecule has 0 fully saturated rings. The summed E-state index contributed by atoms with van der Waals surface area (Å²) in [5.74, 6) is -0.0154. The van der Waals surface area contributed by atoms with Crippen LogP contribution in [0.5, 0.6) is 5.75 Å². The van der Waals surface area contributed by atoms with Gasteiger partial charge in [-0.3, -0.25) is 4.55 Å². The van der Waals surface area contributed by atoms with Crippen molar-refractivity contribution in [2.24, 2.45) is 0 Å². The van der Waals surface area contributed by atoms with Crippen molar-refractivity contribution in [1.29, 1.82) is 0 Å². The summed E-state index contributed by atoms with van der Waals surface area (Å²) in [4.78, 5) is 14.6. The van der Waals surface area contributed by atoms with E-state index in [9.17, 15) is 17.8 Å². The molecule has 1 N–H and O–H groups in total. The number of esters is 1. The first-order valence-electron chi connectivity index (χ1n) is 12.6. The number of fused-ring (bicyclic) bond motifs is 1. The molecule has 0 saturated heterocycles. The van der Waals surface area contributed by atoms with Crippen LogP contribution in [-0.2, 0) is 33.2 Å². The van der Waals surface area contributed by atoms with Crippen LogP contribution in [-0.4, -0.2) is 18.9 Å². The second kappa shape index (κ2) is 8.49. The van der Waals surface area contributed by atoms with Gasteiger partial charge in [-0.1, -0.05) is 54.6 Å². The maximum Gasteiger partial charge on any atom is 0.331 e. The summed E-state index contributed by atoms with van der Waals surface area (Å²) in [5.41, 5.74) is 6.14. The second-order valence-electron chi connectivity index (χ2n) is 10.2. The first-order valence-corrected chi connectivity index (χ1v) is 15.2.